The number of amides is 3. The highest BCUT2D eigenvalue weighted by atomic mass is 19.1. The van der Waals surface area contributed by atoms with Crippen molar-refractivity contribution < 1.29 is 28.7 Å². The minimum atomic E-state index is -1.03. The Morgan fingerprint density at radius 3 is 2.25 bits per heavy atom. The highest BCUT2D eigenvalue weighted by Crippen LogP contribution is 2.31. The Balaban J connectivity index is 1.60. The molecule has 3 amide bonds. The van der Waals surface area contributed by atoms with Gasteiger partial charge in [0.05, 0.1) is 17.5 Å². The first-order valence-corrected chi connectivity index (χ1v) is 9.30. The molecule has 0 spiro atoms. The van der Waals surface area contributed by atoms with Crippen molar-refractivity contribution in [2.24, 2.45) is 17.8 Å². The van der Waals surface area contributed by atoms with E-state index in [-0.39, 0.29) is 23.1 Å². The molecule has 2 saturated carbocycles. The zero-order chi connectivity index (χ0) is 20.3. The number of carbonyl (C=O) groups is 4. The smallest absolute Gasteiger partial charge is 0.307 e. The monoisotopic (exact) mass is 391 g/mol. The van der Waals surface area contributed by atoms with E-state index in [9.17, 15) is 28.7 Å². The van der Waals surface area contributed by atoms with Gasteiger partial charge in [-0.2, -0.15) is 0 Å². The molecule has 0 saturated heterocycles. The topological polar surface area (TPSA) is 125 Å². The summed E-state index contributed by atoms with van der Waals surface area (Å²) in [6.07, 6.45) is 3.88. The Hall–Kier alpha value is -2.97. The number of hydrogen-bond acceptors (Lipinski definition) is 4. The summed E-state index contributed by atoms with van der Waals surface area (Å²) in [7, 11) is 0. The lowest BCUT2D eigenvalue weighted by Gasteiger charge is -2.27. The van der Waals surface area contributed by atoms with Crippen LogP contribution >= 0.6 is 0 Å². The van der Waals surface area contributed by atoms with Crippen LogP contribution in [0.3, 0.4) is 0 Å². The van der Waals surface area contributed by atoms with Crippen LogP contribution in [0.1, 0.15) is 48.9 Å². The van der Waals surface area contributed by atoms with Crippen molar-refractivity contribution in [3.63, 3.8) is 0 Å². The quantitative estimate of drug-likeness (QED) is 0.570. The van der Waals surface area contributed by atoms with Gasteiger partial charge in [-0.3, -0.25) is 30.0 Å². The van der Waals surface area contributed by atoms with Crippen molar-refractivity contribution in [1.29, 1.82) is 0 Å². The van der Waals surface area contributed by atoms with Gasteiger partial charge in [-0.1, -0.05) is 12.8 Å². The Bertz CT molecular complexity index is 809. The van der Waals surface area contributed by atoms with Gasteiger partial charge in [-0.15, -0.1) is 0 Å². The van der Waals surface area contributed by atoms with Gasteiger partial charge >= 0.3 is 5.97 Å². The van der Waals surface area contributed by atoms with Crippen LogP contribution in [0, 0.1) is 23.6 Å². The van der Waals surface area contributed by atoms with Crippen LogP contribution in [-0.2, 0) is 14.4 Å². The standard InChI is InChI=1S/C19H22FN3O5/c20-14-8-7-11(9-15(14)21-16(24)10-5-6-10)17(25)22-23-18(26)12-3-1-2-4-13(12)19(27)28/h7-10,12-13H,1-6H2,(H,21,24)(H,22,25)(H,23,26)(H,27,28). The molecule has 1 aromatic rings. The fourth-order valence-corrected chi connectivity index (χ4v) is 3.37. The van der Waals surface area contributed by atoms with Crippen LogP contribution in [0.25, 0.3) is 0 Å². The number of carboxylic acid groups (broad SMARTS) is 1. The van der Waals surface area contributed by atoms with Gasteiger partial charge in [0, 0.05) is 11.5 Å². The fraction of sp³-hybridized carbons (Fsp3) is 0.474. The van der Waals surface area contributed by atoms with E-state index in [1.807, 2.05) is 0 Å². The molecule has 3 rings (SSSR count). The largest absolute Gasteiger partial charge is 0.481 e. The van der Waals surface area contributed by atoms with E-state index in [0.29, 0.717) is 12.8 Å². The summed E-state index contributed by atoms with van der Waals surface area (Å²) >= 11 is 0. The molecule has 150 valence electrons. The molecule has 9 heteroatoms. The molecule has 1 aromatic carbocycles. The maximum absolute atomic E-state index is 13.9. The summed E-state index contributed by atoms with van der Waals surface area (Å²) in [5.74, 6) is -4.85. The SMILES string of the molecule is O=C(NNC(=O)C1CCCCC1C(=O)O)c1ccc(F)c(NC(=O)C2CC2)c1. The molecule has 0 aliphatic heterocycles. The van der Waals surface area contributed by atoms with E-state index in [1.54, 1.807) is 0 Å². The summed E-state index contributed by atoms with van der Waals surface area (Å²) in [4.78, 5) is 47.7. The van der Waals surface area contributed by atoms with E-state index in [2.05, 4.69) is 16.2 Å². The zero-order valence-corrected chi connectivity index (χ0v) is 15.2. The van der Waals surface area contributed by atoms with Gasteiger partial charge in [0.1, 0.15) is 5.82 Å². The lowest BCUT2D eigenvalue weighted by Crippen LogP contribution is -2.47. The Labute approximate surface area is 160 Å². The van der Waals surface area contributed by atoms with Crippen molar-refractivity contribution in [3.05, 3.63) is 29.6 Å². The summed E-state index contributed by atoms with van der Waals surface area (Å²) in [6, 6.07) is 3.48. The first-order valence-electron chi connectivity index (χ1n) is 9.30. The first kappa shape index (κ1) is 19.8. The molecule has 4 N–H and O–H groups in total. The molecule has 8 nitrogen and oxygen atoms in total. The van der Waals surface area contributed by atoms with Crippen molar-refractivity contribution >= 4 is 29.4 Å². The van der Waals surface area contributed by atoms with Gasteiger partial charge in [0.2, 0.25) is 11.8 Å². The summed E-state index contributed by atoms with van der Waals surface area (Å²) in [5.41, 5.74) is 4.42. The molecule has 2 aliphatic carbocycles. The molecule has 0 radical (unpaired) electrons. The molecular formula is C19H22FN3O5. The molecule has 2 aliphatic rings. The Morgan fingerprint density at radius 2 is 1.61 bits per heavy atom. The number of nitrogens with one attached hydrogen (secondary N) is 3. The van der Waals surface area contributed by atoms with Gasteiger partial charge in [-0.25, -0.2) is 4.39 Å². The van der Waals surface area contributed by atoms with Crippen LogP contribution in [0.15, 0.2) is 18.2 Å². The van der Waals surface area contributed by atoms with E-state index in [0.717, 1.165) is 31.7 Å². The molecule has 0 bridgehead atoms. The average molecular weight is 391 g/mol. The lowest BCUT2D eigenvalue weighted by molar-refractivity contribution is -0.149. The predicted molar refractivity (Wildman–Crippen MR) is 96.4 cm³/mol. The van der Waals surface area contributed by atoms with Crippen molar-refractivity contribution in [1.82, 2.24) is 10.9 Å². The van der Waals surface area contributed by atoms with E-state index >= 15 is 0 Å². The van der Waals surface area contributed by atoms with Crippen molar-refractivity contribution in [2.45, 2.75) is 38.5 Å². The van der Waals surface area contributed by atoms with Crippen molar-refractivity contribution in [3.8, 4) is 0 Å². The molecular weight excluding hydrogens is 369 g/mol. The number of carboxylic acids is 1. The second kappa shape index (κ2) is 8.37. The predicted octanol–water partition coefficient (Wildman–Crippen LogP) is 1.83. The number of halogens is 1. The van der Waals surface area contributed by atoms with Gasteiger partial charge in [0.25, 0.3) is 5.91 Å². The van der Waals surface area contributed by atoms with Crippen LogP contribution in [0.5, 0.6) is 0 Å². The molecule has 0 heterocycles. The van der Waals surface area contributed by atoms with Crippen LogP contribution < -0.4 is 16.2 Å². The van der Waals surface area contributed by atoms with Gasteiger partial charge in [-0.05, 0) is 43.9 Å². The second-order valence-electron chi connectivity index (χ2n) is 7.24. The highest BCUT2D eigenvalue weighted by Gasteiger charge is 2.36. The van der Waals surface area contributed by atoms with Gasteiger partial charge < -0.3 is 10.4 Å². The number of rotatable bonds is 5. The molecule has 28 heavy (non-hydrogen) atoms. The second-order valence-corrected chi connectivity index (χ2v) is 7.24. The molecule has 2 unspecified atom stereocenters. The number of aliphatic carboxylic acids is 1. The van der Waals surface area contributed by atoms with E-state index < -0.39 is 35.4 Å². The van der Waals surface area contributed by atoms with Gasteiger partial charge in [0.15, 0.2) is 0 Å². The number of carbonyl (C=O) groups excluding carboxylic acids is 3. The highest BCUT2D eigenvalue weighted by molar-refractivity contribution is 5.99. The lowest BCUT2D eigenvalue weighted by atomic mass is 9.79. The maximum atomic E-state index is 13.9. The third kappa shape index (κ3) is 4.65. The minimum Gasteiger partial charge on any atom is -0.481 e. The first-order chi connectivity index (χ1) is 13.4. The number of hydrogen-bond donors (Lipinski definition) is 4. The molecule has 0 aromatic heterocycles. The summed E-state index contributed by atoms with van der Waals surface area (Å²) in [6.45, 7) is 0. The number of benzene rings is 1. The minimum absolute atomic E-state index is 0.0474. The van der Waals surface area contributed by atoms with Crippen LogP contribution in [0.4, 0.5) is 10.1 Å². The fourth-order valence-electron chi connectivity index (χ4n) is 3.37. The number of hydrazine groups is 1. The third-order valence-corrected chi connectivity index (χ3v) is 5.15. The summed E-state index contributed by atoms with van der Waals surface area (Å²) < 4.78 is 13.9. The number of anilines is 1. The van der Waals surface area contributed by atoms with E-state index in [1.165, 1.54) is 12.1 Å². The Kier molecular flexibility index (Phi) is 5.91. The third-order valence-electron chi connectivity index (χ3n) is 5.15. The van der Waals surface area contributed by atoms with Crippen molar-refractivity contribution in [2.75, 3.05) is 5.32 Å². The summed E-state index contributed by atoms with van der Waals surface area (Å²) in [5, 5.41) is 11.7. The Morgan fingerprint density at radius 1 is 0.929 bits per heavy atom. The van der Waals surface area contributed by atoms with Crippen LogP contribution in [-0.4, -0.2) is 28.8 Å². The maximum Gasteiger partial charge on any atom is 0.307 e. The van der Waals surface area contributed by atoms with E-state index in [4.69, 9.17) is 0 Å². The zero-order valence-electron chi connectivity index (χ0n) is 15.2. The average Bonchev–Trinajstić information content (AvgIpc) is 3.52. The molecule has 2 fully saturated rings. The normalized spacial score (nSPS) is 21.5. The molecule has 2 atom stereocenters. The van der Waals surface area contributed by atoms with Crippen LogP contribution in [0.2, 0.25) is 0 Å².